The topological polar surface area (TPSA) is 138 Å². The summed E-state index contributed by atoms with van der Waals surface area (Å²) in [5.41, 5.74) is 4.24. The first-order valence-corrected chi connectivity index (χ1v) is 20.4. The fourth-order valence-corrected chi connectivity index (χ4v) is 7.98. The molecule has 57 heavy (non-hydrogen) atoms. The Kier molecular flexibility index (Phi) is 11.7. The van der Waals surface area contributed by atoms with E-state index in [4.69, 9.17) is 14.2 Å². The molecule has 298 valence electrons. The minimum absolute atomic E-state index is 0.132. The minimum Gasteiger partial charge on any atom is -0.496 e. The van der Waals surface area contributed by atoms with Crippen LogP contribution >= 0.6 is 11.9 Å². The highest BCUT2D eigenvalue weighted by molar-refractivity contribution is 7.99. The molecule has 1 aromatic heterocycles. The number of nitrogens with zero attached hydrogens (tertiary/aromatic N) is 2. The van der Waals surface area contributed by atoms with Gasteiger partial charge in [-0.3, -0.25) is 4.79 Å². The van der Waals surface area contributed by atoms with Crippen molar-refractivity contribution in [2.24, 2.45) is 5.41 Å². The number of nitrogens with one attached hydrogen (secondary N) is 5. The highest BCUT2D eigenvalue weighted by atomic mass is 32.2. The minimum atomic E-state index is -0.409. The molecule has 8 rings (SSSR count). The van der Waals surface area contributed by atoms with Gasteiger partial charge in [0.1, 0.15) is 23.1 Å². The smallest absolute Gasteiger partial charge is 0.323 e. The van der Waals surface area contributed by atoms with E-state index in [0.717, 1.165) is 60.9 Å². The number of aromatic nitrogens is 1. The van der Waals surface area contributed by atoms with Gasteiger partial charge in [0.05, 0.1) is 36.8 Å². The SMILES string of the molecule is COc1cc(Nc2cc(Oc3ccc(NC(=O)Nc4cc(C(C)(C)C)cc(NSC)c4OC)c4ccccc34)ccn2)ccc1C(=O)NCC12CCN(CC1)CC2. The van der Waals surface area contributed by atoms with Gasteiger partial charge in [-0.1, -0.05) is 57.0 Å². The number of hydrogen-bond donors (Lipinski definition) is 5. The first kappa shape index (κ1) is 39.6. The molecule has 5 aromatic rings. The summed E-state index contributed by atoms with van der Waals surface area (Å²) >= 11 is 1.45. The molecule has 4 heterocycles. The standard InChI is InChI=1S/C44H51N7O5S/c1-43(2,3)28-23-35(40(55-5)36(24-28)50-57-6)49-42(53)48-34-13-14-37(32-10-8-7-9-31(32)34)56-30-15-19-45-39(26-30)47-29-11-12-33(38(25-29)54-4)41(52)46-27-44-16-20-51(21-17-44)22-18-44/h7-15,19,23-26,50H,16-18,20-22,27H2,1-6H3,(H,45,47)(H,46,52)(H2,48,49,53). The lowest BCUT2D eigenvalue weighted by molar-refractivity contribution is 0.0262. The zero-order chi connectivity index (χ0) is 40.2. The molecule has 5 N–H and O–H groups in total. The molecule has 3 aliphatic heterocycles. The second-order valence-electron chi connectivity index (χ2n) is 15.7. The summed E-state index contributed by atoms with van der Waals surface area (Å²) in [5, 5.41) is 14.2. The first-order valence-electron chi connectivity index (χ1n) is 19.2. The summed E-state index contributed by atoms with van der Waals surface area (Å²) in [4.78, 5) is 33.8. The molecule has 0 unspecified atom stereocenters. The van der Waals surface area contributed by atoms with Gasteiger partial charge >= 0.3 is 6.03 Å². The van der Waals surface area contributed by atoms with Gasteiger partial charge in [-0.25, -0.2) is 9.78 Å². The van der Waals surface area contributed by atoms with Gasteiger partial charge in [0, 0.05) is 47.6 Å². The first-order chi connectivity index (χ1) is 27.5. The molecule has 4 aromatic carbocycles. The van der Waals surface area contributed by atoms with Crippen LogP contribution in [0.4, 0.5) is 33.4 Å². The summed E-state index contributed by atoms with van der Waals surface area (Å²) in [6.45, 7) is 10.4. The third-order valence-corrected chi connectivity index (χ3v) is 11.4. The number of carbonyl (C=O) groups is 2. The molecule has 3 aliphatic rings. The Morgan fingerprint density at radius 1 is 0.825 bits per heavy atom. The Labute approximate surface area is 338 Å². The zero-order valence-electron chi connectivity index (χ0n) is 33.4. The number of benzene rings is 4. The fourth-order valence-electron chi connectivity index (χ4n) is 7.60. The maximum absolute atomic E-state index is 13.5. The van der Waals surface area contributed by atoms with Gasteiger partial charge in [-0.05, 0) is 97.8 Å². The maximum Gasteiger partial charge on any atom is 0.323 e. The second-order valence-corrected chi connectivity index (χ2v) is 16.3. The van der Waals surface area contributed by atoms with Gasteiger partial charge in [-0.2, -0.15) is 0 Å². The number of piperidine rings is 3. The van der Waals surface area contributed by atoms with Crippen LogP contribution in [0.1, 0.15) is 56.0 Å². The second kappa shape index (κ2) is 16.8. The van der Waals surface area contributed by atoms with E-state index in [0.29, 0.717) is 58.0 Å². The van der Waals surface area contributed by atoms with Crippen LogP contribution in [0, 0.1) is 5.41 Å². The summed E-state index contributed by atoms with van der Waals surface area (Å²) in [6, 6.07) is 24.0. The fraction of sp³-hybridized carbons (Fsp3) is 0.341. The summed E-state index contributed by atoms with van der Waals surface area (Å²) < 4.78 is 21.1. The van der Waals surface area contributed by atoms with E-state index in [9.17, 15) is 9.59 Å². The Morgan fingerprint density at radius 3 is 2.25 bits per heavy atom. The average molecular weight is 790 g/mol. The molecule has 2 bridgehead atoms. The molecule has 12 nitrogen and oxygen atoms in total. The van der Waals surface area contributed by atoms with Crippen molar-refractivity contribution in [2.45, 2.75) is 45.4 Å². The highest BCUT2D eigenvalue weighted by Gasteiger charge is 2.39. The summed E-state index contributed by atoms with van der Waals surface area (Å²) in [5.74, 6) is 2.61. The Morgan fingerprint density at radius 2 is 1.54 bits per heavy atom. The Hall–Kier alpha value is -5.66. The molecular formula is C44H51N7O5S. The van der Waals surface area contributed by atoms with Crippen LogP contribution in [0.3, 0.4) is 0 Å². The van der Waals surface area contributed by atoms with E-state index in [1.807, 2.05) is 60.9 Å². The Bertz CT molecular complexity index is 2250. The highest BCUT2D eigenvalue weighted by Crippen LogP contribution is 2.41. The lowest BCUT2D eigenvalue weighted by atomic mass is 9.72. The van der Waals surface area contributed by atoms with Crippen LogP contribution in [0.5, 0.6) is 23.0 Å². The molecule has 3 fully saturated rings. The lowest BCUT2D eigenvalue weighted by Crippen LogP contribution is -2.52. The molecule has 0 atom stereocenters. The van der Waals surface area contributed by atoms with E-state index < -0.39 is 6.03 Å². The molecule has 3 amide bonds. The molecule has 3 saturated heterocycles. The molecule has 13 heteroatoms. The normalized spacial score (nSPS) is 17.4. The van der Waals surface area contributed by atoms with Crippen LogP contribution in [0.2, 0.25) is 0 Å². The quantitative estimate of drug-likeness (QED) is 0.0734. The van der Waals surface area contributed by atoms with Crippen molar-refractivity contribution in [3.05, 3.63) is 96.2 Å². The lowest BCUT2D eigenvalue weighted by Gasteiger charge is -2.48. The number of carbonyl (C=O) groups excluding carboxylic acids is 2. The van der Waals surface area contributed by atoms with Gasteiger partial charge in [0.25, 0.3) is 5.91 Å². The van der Waals surface area contributed by atoms with E-state index >= 15 is 0 Å². The number of anilines is 5. The molecular weight excluding hydrogens is 739 g/mol. The number of methoxy groups -OCH3 is 2. The van der Waals surface area contributed by atoms with Crippen molar-refractivity contribution in [1.82, 2.24) is 15.2 Å². The number of pyridine rings is 1. The number of rotatable bonds is 13. The average Bonchev–Trinajstić information content (AvgIpc) is 3.21. The third kappa shape index (κ3) is 9.00. The maximum atomic E-state index is 13.5. The van der Waals surface area contributed by atoms with Crippen LogP contribution in [0.15, 0.2) is 85.1 Å². The van der Waals surface area contributed by atoms with E-state index in [2.05, 4.69) is 56.6 Å². The molecule has 0 radical (unpaired) electrons. The van der Waals surface area contributed by atoms with Crippen molar-refractivity contribution in [3.63, 3.8) is 0 Å². The zero-order valence-corrected chi connectivity index (χ0v) is 34.2. The number of hydrogen-bond acceptors (Lipinski definition) is 10. The van der Waals surface area contributed by atoms with E-state index in [1.165, 1.54) is 11.9 Å². The summed E-state index contributed by atoms with van der Waals surface area (Å²) in [7, 11) is 3.16. The molecule has 0 saturated carbocycles. The van der Waals surface area contributed by atoms with Crippen LogP contribution in [-0.2, 0) is 5.41 Å². The van der Waals surface area contributed by atoms with Crippen molar-refractivity contribution in [3.8, 4) is 23.0 Å². The van der Waals surface area contributed by atoms with Gasteiger partial charge in [0.2, 0.25) is 0 Å². The summed E-state index contributed by atoms with van der Waals surface area (Å²) in [6.07, 6.45) is 6.98. The monoisotopic (exact) mass is 789 g/mol. The molecule has 0 aliphatic carbocycles. The predicted octanol–water partition coefficient (Wildman–Crippen LogP) is 9.63. The number of fused-ring (bicyclic) bond motifs is 4. The van der Waals surface area contributed by atoms with Crippen LogP contribution < -0.4 is 40.2 Å². The van der Waals surface area contributed by atoms with Gasteiger partial charge in [0.15, 0.2) is 5.75 Å². The number of amides is 3. The number of ether oxygens (including phenoxy) is 3. The van der Waals surface area contributed by atoms with Crippen molar-refractivity contribution in [1.29, 1.82) is 0 Å². The van der Waals surface area contributed by atoms with Gasteiger partial charge < -0.3 is 45.1 Å². The van der Waals surface area contributed by atoms with Crippen LogP contribution in [-0.4, -0.2) is 68.5 Å². The van der Waals surface area contributed by atoms with Crippen molar-refractivity contribution < 1.29 is 23.8 Å². The largest absolute Gasteiger partial charge is 0.496 e. The molecule has 0 spiro atoms. The van der Waals surface area contributed by atoms with Gasteiger partial charge in [-0.15, -0.1) is 0 Å². The Balaban J connectivity index is 1.04. The van der Waals surface area contributed by atoms with Crippen LogP contribution in [0.25, 0.3) is 10.8 Å². The number of urea groups is 1. The third-order valence-electron chi connectivity index (χ3n) is 10.9. The van der Waals surface area contributed by atoms with Crippen molar-refractivity contribution >= 4 is 63.2 Å². The van der Waals surface area contributed by atoms with Crippen molar-refractivity contribution in [2.75, 3.05) is 67.3 Å². The van der Waals surface area contributed by atoms with E-state index in [1.54, 1.807) is 44.7 Å². The van der Waals surface area contributed by atoms with E-state index in [-0.39, 0.29) is 16.7 Å². The predicted molar refractivity (Wildman–Crippen MR) is 231 cm³/mol.